The standard InChI is InChI=1S/C28H30Cl2N2O5S/c1-5-7-11-24(37-6-2)19-10-8-9-18(25(19)36-4)23-15-38-28(31-23)32-26(33)17-13-21(29)20(22(30)14-17)12-16(3)27(34)35/h8-10,12-15,24H,5-7,11H2,1-4H3,(H,34,35)(H,31,32,33)/b16-12+. The minimum absolute atomic E-state index is 0.0683. The maximum absolute atomic E-state index is 12.9. The predicted molar refractivity (Wildman–Crippen MR) is 154 cm³/mol. The van der Waals surface area contributed by atoms with E-state index >= 15 is 0 Å². The number of carboxylic acid groups (broad SMARTS) is 1. The smallest absolute Gasteiger partial charge is 0.331 e. The lowest BCUT2D eigenvalue weighted by Crippen LogP contribution is -2.12. The minimum Gasteiger partial charge on any atom is -0.496 e. The van der Waals surface area contributed by atoms with Crippen LogP contribution in [0.15, 0.2) is 41.3 Å². The van der Waals surface area contributed by atoms with E-state index in [0.29, 0.717) is 28.7 Å². The number of methoxy groups -OCH3 is 1. The molecule has 2 N–H and O–H groups in total. The number of benzene rings is 2. The van der Waals surface area contributed by atoms with E-state index in [1.807, 2.05) is 30.5 Å². The Morgan fingerprint density at radius 2 is 1.92 bits per heavy atom. The number of halogens is 2. The van der Waals surface area contributed by atoms with Gasteiger partial charge in [0.15, 0.2) is 5.13 Å². The summed E-state index contributed by atoms with van der Waals surface area (Å²) in [6.07, 6.45) is 4.27. The van der Waals surface area contributed by atoms with Crippen LogP contribution >= 0.6 is 34.5 Å². The van der Waals surface area contributed by atoms with Crippen LogP contribution in [-0.2, 0) is 9.53 Å². The van der Waals surface area contributed by atoms with Crippen molar-refractivity contribution in [3.63, 3.8) is 0 Å². The zero-order chi connectivity index (χ0) is 27.8. The topological polar surface area (TPSA) is 97.8 Å². The van der Waals surface area contributed by atoms with E-state index in [2.05, 4.69) is 17.2 Å². The molecule has 3 aromatic rings. The van der Waals surface area contributed by atoms with E-state index < -0.39 is 11.9 Å². The number of thiazole rings is 1. The zero-order valence-electron chi connectivity index (χ0n) is 21.6. The van der Waals surface area contributed by atoms with E-state index in [1.165, 1.54) is 36.5 Å². The summed E-state index contributed by atoms with van der Waals surface area (Å²) in [5.41, 5.74) is 3.05. The van der Waals surface area contributed by atoms with Crippen LogP contribution in [0.2, 0.25) is 10.0 Å². The van der Waals surface area contributed by atoms with Gasteiger partial charge < -0.3 is 14.6 Å². The van der Waals surface area contributed by atoms with Gasteiger partial charge in [0.25, 0.3) is 5.91 Å². The van der Waals surface area contributed by atoms with Gasteiger partial charge in [0.05, 0.1) is 29.0 Å². The fraction of sp³-hybridized carbons (Fsp3) is 0.321. The predicted octanol–water partition coefficient (Wildman–Crippen LogP) is 8.13. The van der Waals surface area contributed by atoms with Gasteiger partial charge in [-0.25, -0.2) is 9.78 Å². The highest BCUT2D eigenvalue weighted by atomic mass is 35.5. The molecule has 1 unspecified atom stereocenters. The van der Waals surface area contributed by atoms with Gasteiger partial charge in [0.1, 0.15) is 5.75 Å². The Bertz CT molecular complexity index is 1320. The number of amides is 1. The van der Waals surface area contributed by atoms with E-state index in [0.717, 1.165) is 30.4 Å². The number of rotatable bonds is 12. The molecular formula is C28H30Cl2N2O5S. The van der Waals surface area contributed by atoms with Crippen LogP contribution in [0.3, 0.4) is 0 Å². The molecule has 10 heteroatoms. The Kier molecular flexibility index (Phi) is 10.7. The van der Waals surface area contributed by atoms with Gasteiger partial charge in [-0.2, -0.15) is 0 Å². The summed E-state index contributed by atoms with van der Waals surface area (Å²) < 4.78 is 11.8. The number of nitrogens with zero attached hydrogens (tertiary/aromatic N) is 1. The first-order valence-corrected chi connectivity index (χ1v) is 13.8. The Morgan fingerprint density at radius 1 is 1.21 bits per heavy atom. The summed E-state index contributed by atoms with van der Waals surface area (Å²) in [6, 6.07) is 8.77. The molecule has 0 aliphatic carbocycles. The maximum Gasteiger partial charge on any atom is 0.331 e. The van der Waals surface area contributed by atoms with Gasteiger partial charge in [-0.3, -0.25) is 10.1 Å². The van der Waals surface area contributed by atoms with Gasteiger partial charge >= 0.3 is 5.97 Å². The van der Waals surface area contributed by atoms with Crippen LogP contribution in [0.1, 0.15) is 67.6 Å². The molecule has 1 amide bonds. The first-order valence-electron chi connectivity index (χ1n) is 12.2. The van der Waals surface area contributed by atoms with E-state index in [1.54, 1.807) is 7.11 Å². The van der Waals surface area contributed by atoms with Gasteiger partial charge in [0.2, 0.25) is 0 Å². The number of hydrogen-bond acceptors (Lipinski definition) is 6. The molecule has 3 rings (SSSR count). The summed E-state index contributed by atoms with van der Waals surface area (Å²) in [4.78, 5) is 28.7. The Labute approximate surface area is 236 Å². The number of anilines is 1. The van der Waals surface area contributed by atoms with E-state index in [-0.39, 0.29) is 27.3 Å². The summed E-state index contributed by atoms with van der Waals surface area (Å²) in [5.74, 6) is -0.837. The lowest BCUT2D eigenvalue weighted by Gasteiger charge is -2.21. The zero-order valence-corrected chi connectivity index (χ0v) is 24.0. The molecule has 1 aromatic heterocycles. The van der Waals surface area contributed by atoms with Crippen molar-refractivity contribution >= 4 is 57.6 Å². The molecule has 0 saturated carbocycles. The molecule has 202 valence electrons. The first-order chi connectivity index (χ1) is 18.2. The quantitative estimate of drug-likeness (QED) is 0.211. The largest absolute Gasteiger partial charge is 0.496 e. The number of para-hydroxylation sites is 1. The SMILES string of the molecule is CCCCC(OCC)c1cccc(-c2csc(NC(=O)c3cc(Cl)c(/C=C(\C)C(=O)O)c(Cl)c3)n2)c1OC. The molecule has 1 atom stereocenters. The van der Waals surface area contributed by atoms with E-state index in [4.69, 9.17) is 37.8 Å². The number of hydrogen-bond donors (Lipinski definition) is 2. The lowest BCUT2D eigenvalue weighted by molar-refractivity contribution is -0.132. The van der Waals surface area contributed by atoms with Gasteiger partial charge in [-0.1, -0.05) is 55.1 Å². The Balaban J connectivity index is 1.86. The van der Waals surface area contributed by atoms with Gasteiger partial charge in [0, 0.05) is 39.8 Å². The van der Waals surface area contributed by atoms with Crippen LogP contribution in [-0.4, -0.2) is 35.7 Å². The van der Waals surface area contributed by atoms with Crippen molar-refractivity contribution in [2.45, 2.75) is 46.1 Å². The molecule has 1 heterocycles. The monoisotopic (exact) mass is 576 g/mol. The Morgan fingerprint density at radius 3 is 2.53 bits per heavy atom. The number of unbranched alkanes of at least 4 members (excludes halogenated alkanes) is 1. The van der Waals surface area contributed by atoms with E-state index in [9.17, 15) is 9.59 Å². The van der Waals surface area contributed by atoms with Crippen LogP contribution in [0.25, 0.3) is 17.3 Å². The van der Waals surface area contributed by atoms with Gasteiger partial charge in [-0.15, -0.1) is 11.3 Å². The van der Waals surface area contributed by atoms with Crippen LogP contribution < -0.4 is 10.1 Å². The van der Waals surface area contributed by atoms with Crippen molar-refractivity contribution in [3.05, 3.63) is 68.0 Å². The number of nitrogens with one attached hydrogen (secondary N) is 1. The second kappa shape index (κ2) is 13.8. The molecule has 0 radical (unpaired) electrons. The molecular weight excluding hydrogens is 547 g/mol. The number of carbonyl (C=O) groups is 2. The van der Waals surface area contributed by atoms with Crippen LogP contribution in [0.4, 0.5) is 5.13 Å². The highest BCUT2D eigenvalue weighted by Crippen LogP contribution is 2.40. The van der Waals surface area contributed by atoms with Crippen LogP contribution in [0, 0.1) is 0 Å². The number of carbonyl (C=O) groups excluding carboxylic acids is 1. The molecule has 0 aliphatic heterocycles. The maximum atomic E-state index is 12.9. The molecule has 0 fully saturated rings. The third-order valence-corrected chi connectivity index (χ3v) is 7.21. The summed E-state index contributed by atoms with van der Waals surface area (Å²) in [6.45, 7) is 6.16. The number of aliphatic carboxylic acids is 1. The number of ether oxygens (including phenoxy) is 2. The van der Waals surface area contributed by atoms with Crippen molar-refractivity contribution < 1.29 is 24.2 Å². The minimum atomic E-state index is -1.09. The van der Waals surface area contributed by atoms with Crippen LogP contribution in [0.5, 0.6) is 5.75 Å². The fourth-order valence-corrected chi connectivity index (χ4v) is 5.21. The van der Waals surface area contributed by atoms with Gasteiger partial charge in [-0.05, 0) is 44.5 Å². The van der Waals surface area contributed by atoms with Crippen molar-refractivity contribution in [1.82, 2.24) is 4.98 Å². The molecule has 0 spiro atoms. The highest BCUT2D eigenvalue weighted by Gasteiger charge is 2.21. The van der Waals surface area contributed by atoms with Crippen molar-refractivity contribution in [2.24, 2.45) is 0 Å². The average Bonchev–Trinajstić information content (AvgIpc) is 3.35. The average molecular weight is 578 g/mol. The molecule has 0 bridgehead atoms. The molecule has 0 aliphatic rings. The van der Waals surface area contributed by atoms with Crippen molar-refractivity contribution in [1.29, 1.82) is 0 Å². The lowest BCUT2D eigenvalue weighted by atomic mass is 9.99. The molecule has 2 aromatic carbocycles. The molecule has 0 saturated heterocycles. The highest BCUT2D eigenvalue weighted by molar-refractivity contribution is 7.14. The summed E-state index contributed by atoms with van der Waals surface area (Å²) >= 11 is 13.9. The summed E-state index contributed by atoms with van der Waals surface area (Å²) in [7, 11) is 1.63. The van der Waals surface area contributed by atoms with Crippen molar-refractivity contribution in [3.8, 4) is 17.0 Å². The summed E-state index contributed by atoms with van der Waals surface area (Å²) in [5, 5.41) is 14.5. The van der Waals surface area contributed by atoms with Crippen molar-refractivity contribution in [2.75, 3.05) is 19.0 Å². The second-order valence-electron chi connectivity index (χ2n) is 8.49. The number of carboxylic acids is 1. The third kappa shape index (κ3) is 7.14. The molecule has 7 nitrogen and oxygen atoms in total. The second-order valence-corrected chi connectivity index (χ2v) is 10.2. The normalized spacial score (nSPS) is 12.3. The first kappa shape index (κ1) is 29.6. The molecule has 38 heavy (non-hydrogen) atoms. The Hall–Kier alpha value is -2.91. The fourth-order valence-electron chi connectivity index (χ4n) is 3.91. The number of aromatic nitrogens is 1. The third-order valence-electron chi connectivity index (χ3n) is 5.82.